The van der Waals surface area contributed by atoms with Crippen molar-refractivity contribution in [2.45, 2.75) is 0 Å². The van der Waals surface area contributed by atoms with E-state index < -0.39 is 5.82 Å². The van der Waals surface area contributed by atoms with Crippen LogP contribution in [0.2, 0.25) is 10.0 Å². The third kappa shape index (κ3) is 2.28. The second-order valence-electron chi connectivity index (χ2n) is 4.38. The maximum absolute atomic E-state index is 13.7. The minimum atomic E-state index is -0.536. The topological polar surface area (TPSA) is 53.1 Å². The molecule has 0 fully saturated rings. The lowest BCUT2D eigenvalue weighted by molar-refractivity contribution is 0.415. The number of rotatable bonds is 2. The first-order chi connectivity index (χ1) is 10.0. The Bertz CT molecular complexity index is 848. The van der Waals surface area contributed by atoms with Crippen molar-refractivity contribution in [1.29, 1.82) is 0 Å². The zero-order chi connectivity index (χ0) is 15.1. The summed E-state index contributed by atoms with van der Waals surface area (Å²) >= 11 is 11.8. The van der Waals surface area contributed by atoms with Gasteiger partial charge in [0, 0.05) is 12.1 Å². The lowest BCUT2D eigenvalue weighted by Crippen LogP contribution is -2.01. The summed E-state index contributed by atoms with van der Waals surface area (Å²) in [6.45, 7) is 0. The van der Waals surface area contributed by atoms with E-state index in [9.17, 15) is 4.39 Å². The first-order valence-corrected chi connectivity index (χ1v) is 6.73. The van der Waals surface area contributed by atoms with E-state index in [2.05, 4.69) is 4.98 Å². The van der Waals surface area contributed by atoms with Gasteiger partial charge in [0.25, 0.3) is 0 Å². The molecule has 0 aliphatic rings. The molecule has 0 saturated heterocycles. The molecule has 0 radical (unpaired) electrons. The Kier molecular flexibility index (Phi) is 3.39. The number of fused-ring (bicyclic) bond motifs is 1. The molecule has 0 spiro atoms. The van der Waals surface area contributed by atoms with Gasteiger partial charge in [-0.05, 0) is 18.2 Å². The number of hydrogen-bond donors (Lipinski definition) is 1. The van der Waals surface area contributed by atoms with Crippen LogP contribution >= 0.6 is 23.2 Å². The molecule has 0 bridgehead atoms. The fourth-order valence-electron chi connectivity index (χ4n) is 2.15. The first-order valence-electron chi connectivity index (χ1n) is 5.98. The molecule has 0 atom stereocenters. The van der Waals surface area contributed by atoms with Crippen LogP contribution in [0.4, 0.5) is 10.3 Å². The number of imidazole rings is 1. The van der Waals surface area contributed by atoms with Crippen LogP contribution in [0.15, 0.2) is 30.3 Å². The second kappa shape index (κ2) is 5.09. The van der Waals surface area contributed by atoms with Gasteiger partial charge in [0.05, 0.1) is 33.9 Å². The maximum atomic E-state index is 13.7. The zero-order valence-corrected chi connectivity index (χ0v) is 12.4. The number of aromatic nitrogens is 2. The highest BCUT2D eigenvalue weighted by Gasteiger charge is 2.14. The Morgan fingerprint density at radius 1 is 1.19 bits per heavy atom. The van der Waals surface area contributed by atoms with Crippen molar-refractivity contribution in [3.05, 3.63) is 46.2 Å². The number of methoxy groups -OCH3 is 1. The van der Waals surface area contributed by atoms with Gasteiger partial charge in [0.15, 0.2) is 0 Å². The lowest BCUT2D eigenvalue weighted by atomic mass is 10.2. The molecular weight excluding hydrogens is 316 g/mol. The number of ether oxygens (including phenoxy) is 1. The van der Waals surface area contributed by atoms with Gasteiger partial charge in [0.1, 0.15) is 11.6 Å². The highest BCUT2D eigenvalue weighted by Crippen LogP contribution is 2.31. The van der Waals surface area contributed by atoms with Gasteiger partial charge in [-0.1, -0.05) is 23.2 Å². The Hall–Kier alpha value is -1.98. The number of halogens is 3. The Balaban J connectivity index is 2.29. The van der Waals surface area contributed by atoms with E-state index >= 15 is 0 Å². The van der Waals surface area contributed by atoms with Crippen LogP contribution in [0.3, 0.4) is 0 Å². The second-order valence-corrected chi connectivity index (χ2v) is 5.19. The third-order valence-electron chi connectivity index (χ3n) is 3.12. The van der Waals surface area contributed by atoms with Crippen molar-refractivity contribution in [3.63, 3.8) is 0 Å². The van der Waals surface area contributed by atoms with Crippen LogP contribution in [0.25, 0.3) is 16.7 Å². The van der Waals surface area contributed by atoms with Gasteiger partial charge in [-0.25, -0.2) is 9.37 Å². The minimum Gasteiger partial charge on any atom is -0.495 e. The van der Waals surface area contributed by atoms with Gasteiger partial charge in [0.2, 0.25) is 5.95 Å². The molecule has 0 aliphatic heterocycles. The van der Waals surface area contributed by atoms with Crippen molar-refractivity contribution in [3.8, 4) is 11.4 Å². The Morgan fingerprint density at radius 3 is 2.67 bits per heavy atom. The van der Waals surface area contributed by atoms with Crippen molar-refractivity contribution < 1.29 is 9.13 Å². The van der Waals surface area contributed by atoms with Crippen LogP contribution in [0.5, 0.6) is 5.75 Å². The molecule has 3 rings (SSSR count). The largest absolute Gasteiger partial charge is 0.495 e. The van der Waals surface area contributed by atoms with E-state index in [0.717, 1.165) is 0 Å². The summed E-state index contributed by atoms with van der Waals surface area (Å²) in [5.41, 5.74) is 7.61. The summed E-state index contributed by atoms with van der Waals surface area (Å²) in [4.78, 5) is 4.19. The molecule has 2 N–H and O–H groups in total. The fourth-order valence-corrected chi connectivity index (χ4v) is 2.50. The third-order valence-corrected chi connectivity index (χ3v) is 3.72. The van der Waals surface area contributed by atoms with E-state index in [1.54, 1.807) is 22.8 Å². The monoisotopic (exact) mass is 325 g/mol. The summed E-state index contributed by atoms with van der Waals surface area (Å²) in [7, 11) is 1.51. The smallest absolute Gasteiger partial charge is 0.205 e. The summed E-state index contributed by atoms with van der Waals surface area (Å²) < 4.78 is 20.5. The van der Waals surface area contributed by atoms with E-state index in [1.807, 2.05) is 0 Å². The molecule has 21 heavy (non-hydrogen) atoms. The van der Waals surface area contributed by atoms with Crippen molar-refractivity contribution >= 4 is 40.2 Å². The average Bonchev–Trinajstić information content (AvgIpc) is 2.75. The molecule has 0 aliphatic carbocycles. The van der Waals surface area contributed by atoms with Crippen LogP contribution in [-0.4, -0.2) is 16.7 Å². The number of hydrogen-bond acceptors (Lipinski definition) is 3. The molecule has 4 nitrogen and oxygen atoms in total. The summed E-state index contributed by atoms with van der Waals surface area (Å²) in [6.07, 6.45) is 0. The van der Waals surface area contributed by atoms with Crippen molar-refractivity contribution in [2.24, 2.45) is 0 Å². The summed E-state index contributed by atoms with van der Waals surface area (Å²) in [5.74, 6) is 0.173. The molecule has 2 aromatic carbocycles. The number of nitrogen functional groups attached to an aromatic ring is 1. The Labute approximate surface area is 129 Å². The molecule has 1 aromatic heterocycles. The van der Waals surface area contributed by atoms with Crippen molar-refractivity contribution in [1.82, 2.24) is 9.55 Å². The predicted molar refractivity (Wildman–Crippen MR) is 82.0 cm³/mol. The molecule has 0 amide bonds. The van der Waals surface area contributed by atoms with Crippen molar-refractivity contribution in [2.75, 3.05) is 12.8 Å². The maximum Gasteiger partial charge on any atom is 0.205 e. The van der Waals surface area contributed by atoms with Crippen LogP contribution in [-0.2, 0) is 0 Å². The molecule has 0 saturated carbocycles. The molecule has 0 unspecified atom stereocenters. The highest BCUT2D eigenvalue weighted by molar-refractivity contribution is 6.32. The number of nitrogens with zero attached hydrogens (tertiary/aromatic N) is 2. The zero-order valence-electron chi connectivity index (χ0n) is 10.9. The molecule has 3 aromatic rings. The van der Waals surface area contributed by atoms with Crippen LogP contribution in [0, 0.1) is 5.82 Å². The summed E-state index contributed by atoms with van der Waals surface area (Å²) in [5, 5.41) is 0.472. The van der Waals surface area contributed by atoms with Crippen LogP contribution < -0.4 is 10.5 Å². The standard InChI is InChI=1S/C14H10Cl2FN3O/c1-21-13-4-7(2-3-8(13)15)20-12-6-10(17)9(16)5-11(12)19-14(20)18/h2-6H,1H3,(H2,18,19). The van der Waals surface area contributed by atoms with Gasteiger partial charge in [-0.2, -0.15) is 0 Å². The molecule has 1 heterocycles. The SMILES string of the molecule is COc1cc(-n2c(N)nc3cc(Cl)c(F)cc32)ccc1Cl. The Morgan fingerprint density at radius 2 is 1.95 bits per heavy atom. The number of nitrogens with two attached hydrogens (primary N) is 1. The van der Waals surface area contributed by atoms with E-state index in [-0.39, 0.29) is 11.0 Å². The summed E-state index contributed by atoms with van der Waals surface area (Å²) in [6, 6.07) is 7.85. The van der Waals surface area contributed by atoms with E-state index in [4.69, 9.17) is 33.7 Å². The van der Waals surface area contributed by atoms with Gasteiger partial charge in [-0.3, -0.25) is 4.57 Å². The molecule has 7 heteroatoms. The first kappa shape index (κ1) is 14.0. The average molecular weight is 326 g/mol. The predicted octanol–water partition coefficient (Wildman–Crippen LogP) is 4.06. The van der Waals surface area contributed by atoms with Gasteiger partial charge in [-0.15, -0.1) is 0 Å². The number of benzene rings is 2. The number of anilines is 1. The fraction of sp³-hybridized carbons (Fsp3) is 0.0714. The van der Waals surface area contributed by atoms with E-state index in [0.29, 0.717) is 27.5 Å². The van der Waals surface area contributed by atoms with Gasteiger partial charge >= 0.3 is 0 Å². The minimum absolute atomic E-state index is 0.000775. The van der Waals surface area contributed by atoms with Crippen LogP contribution in [0.1, 0.15) is 0 Å². The molecular formula is C14H10Cl2FN3O. The quantitative estimate of drug-likeness (QED) is 0.772. The molecule has 108 valence electrons. The van der Waals surface area contributed by atoms with E-state index in [1.165, 1.54) is 19.2 Å². The normalized spacial score (nSPS) is 11.0. The highest BCUT2D eigenvalue weighted by atomic mass is 35.5. The van der Waals surface area contributed by atoms with Gasteiger partial charge < -0.3 is 10.5 Å². The lowest BCUT2D eigenvalue weighted by Gasteiger charge is -2.10.